The molecule has 0 atom stereocenters. The van der Waals surface area contributed by atoms with Crippen molar-refractivity contribution in [2.45, 2.75) is 13.8 Å². The van der Waals surface area contributed by atoms with Gasteiger partial charge in [-0.25, -0.2) is 9.59 Å². The van der Waals surface area contributed by atoms with E-state index >= 15 is 0 Å². The number of carbonyl (C=O) groups is 2. The third-order valence-corrected chi connectivity index (χ3v) is 7.86. The lowest BCUT2D eigenvalue weighted by molar-refractivity contribution is -0.134. The number of rotatable bonds is 2. The first-order valence-corrected chi connectivity index (χ1v) is 8.00. The highest BCUT2D eigenvalue weighted by molar-refractivity contribution is 8.34. The summed E-state index contributed by atoms with van der Waals surface area (Å²) < 4.78 is 1.71. The van der Waals surface area contributed by atoms with Crippen molar-refractivity contribution < 1.29 is 19.8 Å². The molecule has 0 aromatic carbocycles. The zero-order valence-electron chi connectivity index (χ0n) is 9.34. The summed E-state index contributed by atoms with van der Waals surface area (Å²) >= 11 is 5.19. The molecule has 2 aliphatic rings. The molecule has 2 heterocycles. The van der Waals surface area contributed by atoms with Gasteiger partial charge in [-0.1, -0.05) is 47.0 Å². The second-order valence-electron chi connectivity index (χ2n) is 3.36. The fraction of sp³-hybridized carbons (Fsp3) is 0.200. The number of hydrogen-bond acceptors (Lipinski definition) is 6. The lowest BCUT2D eigenvalue weighted by Gasteiger charge is -2.00. The Labute approximate surface area is 120 Å². The van der Waals surface area contributed by atoms with E-state index in [1.54, 1.807) is 23.5 Å². The molecule has 0 radical (unpaired) electrons. The van der Waals surface area contributed by atoms with Gasteiger partial charge in [-0.15, -0.1) is 0 Å². The number of hydrogen-bond donors (Lipinski definition) is 2. The molecular weight excluding hydrogens is 312 g/mol. The van der Waals surface area contributed by atoms with E-state index in [1.807, 2.05) is 13.8 Å². The first-order chi connectivity index (χ1) is 8.40. The number of allylic oxidation sites excluding steroid dienone is 2. The van der Waals surface area contributed by atoms with Crippen molar-refractivity contribution in [3.05, 3.63) is 28.1 Å². The molecular formula is C10H8O4S4. The van der Waals surface area contributed by atoms with Crippen LogP contribution in [-0.2, 0) is 9.59 Å². The molecule has 2 N–H and O–H groups in total. The van der Waals surface area contributed by atoms with Crippen LogP contribution in [0.5, 0.6) is 0 Å². The summed E-state index contributed by atoms with van der Waals surface area (Å²) in [7, 11) is 0. The van der Waals surface area contributed by atoms with Gasteiger partial charge in [0.25, 0.3) is 0 Å². The summed E-state index contributed by atoms with van der Waals surface area (Å²) in [5, 5.41) is 18.0. The highest BCUT2D eigenvalue weighted by Gasteiger charge is 2.34. The zero-order chi connectivity index (χ0) is 13.4. The Kier molecular flexibility index (Phi) is 4.10. The highest BCUT2D eigenvalue weighted by atomic mass is 32.2. The lowest BCUT2D eigenvalue weighted by Crippen LogP contribution is -2.03. The van der Waals surface area contributed by atoms with Crippen molar-refractivity contribution in [2.24, 2.45) is 0 Å². The van der Waals surface area contributed by atoms with Gasteiger partial charge >= 0.3 is 11.9 Å². The van der Waals surface area contributed by atoms with Crippen LogP contribution in [0.3, 0.4) is 0 Å². The van der Waals surface area contributed by atoms with Crippen LogP contribution in [0.25, 0.3) is 0 Å². The van der Waals surface area contributed by atoms with Crippen molar-refractivity contribution in [3.63, 3.8) is 0 Å². The predicted octanol–water partition coefficient (Wildman–Crippen LogP) is 3.71. The van der Waals surface area contributed by atoms with Crippen molar-refractivity contribution in [1.29, 1.82) is 0 Å². The zero-order valence-corrected chi connectivity index (χ0v) is 12.6. The van der Waals surface area contributed by atoms with E-state index in [9.17, 15) is 9.59 Å². The molecule has 0 aromatic heterocycles. The summed E-state index contributed by atoms with van der Waals surface area (Å²) in [6.07, 6.45) is 0. The molecule has 0 spiro atoms. The summed E-state index contributed by atoms with van der Waals surface area (Å²) in [4.78, 5) is 24.2. The van der Waals surface area contributed by atoms with E-state index in [4.69, 9.17) is 10.2 Å². The Morgan fingerprint density at radius 1 is 0.778 bits per heavy atom. The molecule has 2 rings (SSSR count). The van der Waals surface area contributed by atoms with E-state index in [2.05, 4.69) is 0 Å². The maximum atomic E-state index is 11.0. The summed E-state index contributed by atoms with van der Waals surface area (Å²) in [6.45, 7) is 3.99. The SMILES string of the molecule is CC1=C(C)SC(=C2SC(C(=O)O)=C(C(=O)O)S2)S1. The van der Waals surface area contributed by atoms with Gasteiger partial charge in [0.2, 0.25) is 0 Å². The molecule has 0 fully saturated rings. The number of thioether (sulfide) groups is 4. The van der Waals surface area contributed by atoms with Crippen LogP contribution < -0.4 is 0 Å². The van der Waals surface area contributed by atoms with E-state index in [-0.39, 0.29) is 9.81 Å². The summed E-state index contributed by atoms with van der Waals surface area (Å²) in [6, 6.07) is 0. The van der Waals surface area contributed by atoms with Gasteiger partial charge in [-0.3, -0.25) is 0 Å². The third-order valence-electron chi connectivity index (χ3n) is 2.14. The van der Waals surface area contributed by atoms with Crippen LogP contribution in [0.15, 0.2) is 28.1 Å². The van der Waals surface area contributed by atoms with E-state index in [0.29, 0.717) is 0 Å². The topological polar surface area (TPSA) is 74.6 Å². The van der Waals surface area contributed by atoms with Gasteiger partial charge in [0.05, 0.1) is 8.47 Å². The molecule has 0 saturated carbocycles. The van der Waals surface area contributed by atoms with Crippen LogP contribution >= 0.6 is 47.0 Å². The van der Waals surface area contributed by atoms with Crippen LogP contribution in [0.1, 0.15) is 13.8 Å². The molecule has 0 aromatic rings. The van der Waals surface area contributed by atoms with Gasteiger partial charge in [0.1, 0.15) is 9.81 Å². The van der Waals surface area contributed by atoms with E-state index in [1.165, 1.54) is 9.81 Å². The second-order valence-corrected chi connectivity index (χ2v) is 8.37. The minimum atomic E-state index is -1.19. The molecule has 0 saturated heterocycles. The van der Waals surface area contributed by atoms with Gasteiger partial charge in [0.15, 0.2) is 0 Å². The average Bonchev–Trinajstić information content (AvgIpc) is 2.83. The molecule has 2 aliphatic heterocycles. The fourth-order valence-corrected chi connectivity index (χ4v) is 6.36. The smallest absolute Gasteiger partial charge is 0.344 e. The van der Waals surface area contributed by atoms with Crippen molar-refractivity contribution in [2.75, 3.05) is 0 Å². The Hall–Kier alpha value is -0.440. The fourth-order valence-electron chi connectivity index (χ4n) is 1.19. The molecule has 0 unspecified atom stereocenters. The number of aliphatic carboxylic acids is 2. The van der Waals surface area contributed by atoms with Crippen molar-refractivity contribution in [3.8, 4) is 0 Å². The van der Waals surface area contributed by atoms with Gasteiger partial charge in [-0.2, -0.15) is 0 Å². The highest BCUT2D eigenvalue weighted by Crippen LogP contribution is 2.59. The Balaban J connectivity index is 2.28. The van der Waals surface area contributed by atoms with Crippen LogP contribution in [0.4, 0.5) is 0 Å². The van der Waals surface area contributed by atoms with Gasteiger partial charge in [0, 0.05) is 0 Å². The predicted molar refractivity (Wildman–Crippen MR) is 78.1 cm³/mol. The standard InChI is InChI=1S/C10H8O4S4/c1-3-4(2)16-9(15-3)10-17-5(7(11)12)6(18-10)8(13)14/h1-2H3,(H,11,12)(H,13,14). The molecule has 8 heteroatoms. The first-order valence-electron chi connectivity index (χ1n) is 4.74. The monoisotopic (exact) mass is 320 g/mol. The van der Waals surface area contributed by atoms with Crippen LogP contribution in [0.2, 0.25) is 0 Å². The third kappa shape index (κ3) is 2.61. The molecule has 4 nitrogen and oxygen atoms in total. The summed E-state index contributed by atoms with van der Waals surface area (Å²) in [5.74, 6) is -2.37. The van der Waals surface area contributed by atoms with E-state index in [0.717, 1.165) is 32.0 Å². The lowest BCUT2D eigenvalue weighted by atomic mass is 10.5. The second kappa shape index (κ2) is 5.28. The van der Waals surface area contributed by atoms with Crippen LogP contribution in [-0.4, -0.2) is 22.2 Å². The summed E-state index contributed by atoms with van der Waals surface area (Å²) in [5.41, 5.74) is 0. The van der Waals surface area contributed by atoms with E-state index < -0.39 is 11.9 Å². The number of carboxylic acids is 2. The Bertz CT molecular complexity index is 500. The number of carboxylic acid groups (broad SMARTS) is 2. The average molecular weight is 320 g/mol. The molecule has 0 amide bonds. The quantitative estimate of drug-likeness (QED) is 0.797. The normalized spacial score (nSPS) is 20.1. The molecule has 96 valence electrons. The largest absolute Gasteiger partial charge is 0.477 e. The minimum absolute atomic E-state index is 0.0987. The molecule has 18 heavy (non-hydrogen) atoms. The maximum absolute atomic E-state index is 11.0. The van der Waals surface area contributed by atoms with Crippen molar-refractivity contribution in [1.82, 2.24) is 0 Å². The van der Waals surface area contributed by atoms with Crippen molar-refractivity contribution >= 4 is 59.0 Å². The van der Waals surface area contributed by atoms with Gasteiger partial charge < -0.3 is 10.2 Å². The molecule has 0 aliphatic carbocycles. The maximum Gasteiger partial charge on any atom is 0.344 e. The van der Waals surface area contributed by atoms with Gasteiger partial charge in [-0.05, 0) is 23.7 Å². The Morgan fingerprint density at radius 3 is 1.44 bits per heavy atom. The first kappa shape index (κ1) is 14.0. The minimum Gasteiger partial charge on any atom is -0.477 e. The molecule has 0 bridgehead atoms. The van der Waals surface area contributed by atoms with Crippen LogP contribution in [0, 0.1) is 0 Å². The Morgan fingerprint density at radius 2 is 1.11 bits per heavy atom.